The molecule has 1 aromatic rings. The number of carbonyl (C=O) groups is 2. The number of amides is 2. The van der Waals surface area contributed by atoms with Gasteiger partial charge in [-0.1, -0.05) is 25.4 Å². The van der Waals surface area contributed by atoms with E-state index >= 15 is 0 Å². The highest BCUT2D eigenvalue weighted by Gasteiger charge is 2.28. The van der Waals surface area contributed by atoms with Crippen molar-refractivity contribution in [1.82, 2.24) is 10.0 Å². The predicted molar refractivity (Wildman–Crippen MR) is 98.6 cm³/mol. The van der Waals surface area contributed by atoms with Gasteiger partial charge in [0.05, 0.1) is 0 Å². The second kappa shape index (κ2) is 9.31. The highest BCUT2D eigenvalue weighted by molar-refractivity contribution is 7.90. The van der Waals surface area contributed by atoms with Gasteiger partial charge in [-0.05, 0) is 57.4 Å². The van der Waals surface area contributed by atoms with Gasteiger partial charge < -0.3 is 14.6 Å². The van der Waals surface area contributed by atoms with Gasteiger partial charge in [-0.25, -0.2) is 4.79 Å². The molecular formula is C17H25ClN2O4S. The zero-order valence-electron chi connectivity index (χ0n) is 15.1. The van der Waals surface area contributed by atoms with Crippen LogP contribution in [0.15, 0.2) is 29.2 Å². The summed E-state index contributed by atoms with van der Waals surface area (Å²) >= 11 is 4.05. The van der Waals surface area contributed by atoms with Crippen molar-refractivity contribution in [2.45, 2.75) is 57.6 Å². The Balaban J connectivity index is 2.75. The van der Waals surface area contributed by atoms with Crippen molar-refractivity contribution in [2.75, 3.05) is 0 Å². The molecule has 2 N–H and O–H groups in total. The quantitative estimate of drug-likeness (QED) is 0.730. The number of hydrogen-bond acceptors (Lipinski definition) is 4. The fourth-order valence-electron chi connectivity index (χ4n) is 1.93. The van der Waals surface area contributed by atoms with E-state index in [1.54, 1.807) is 45.0 Å². The molecule has 0 spiro atoms. The van der Waals surface area contributed by atoms with Gasteiger partial charge in [-0.3, -0.25) is 4.79 Å². The van der Waals surface area contributed by atoms with Crippen molar-refractivity contribution in [3.05, 3.63) is 29.3 Å². The molecule has 2 amide bonds. The number of alkyl carbamates (subject to hydrolysis) is 1. The van der Waals surface area contributed by atoms with Crippen molar-refractivity contribution in [2.24, 2.45) is 5.92 Å². The van der Waals surface area contributed by atoms with Crippen molar-refractivity contribution in [3.8, 4) is 0 Å². The number of benzene rings is 1. The van der Waals surface area contributed by atoms with Gasteiger partial charge in [0.2, 0.25) is 0 Å². The Morgan fingerprint density at radius 3 is 2.28 bits per heavy atom. The Labute approximate surface area is 157 Å². The van der Waals surface area contributed by atoms with Gasteiger partial charge in [0.25, 0.3) is 5.91 Å². The van der Waals surface area contributed by atoms with Crippen molar-refractivity contribution in [3.63, 3.8) is 0 Å². The lowest BCUT2D eigenvalue weighted by Crippen LogP contribution is -2.50. The summed E-state index contributed by atoms with van der Waals surface area (Å²) in [5.74, 6) is -0.387. The summed E-state index contributed by atoms with van der Waals surface area (Å²) < 4.78 is 19.9. The van der Waals surface area contributed by atoms with E-state index in [4.69, 9.17) is 16.3 Å². The van der Waals surface area contributed by atoms with Crippen LogP contribution < -0.4 is 10.0 Å². The first-order chi connectivity index (χ1) is 11.5. The summed E-state index contributed by atoms with van der Waals surface area (Å²) in [6.07, 6.45) is -0.298. The molecule has 2 atom stereocenters. The maximum Gasteiger partial charge on any atom is 0.408 e. The Kier molecular flexibility index (Phi) is 8.05. The number of rotatable bonds is 6. The molecule has 0 bridgehead atoms. The molecule has 25 heavy (non-hydrogen) atoms. The largest absolute Gasteiger partial charge is 0.588 e. The van der Waals surface area contributed by atoms with Crippen LogP contribution in [-0.4, -0.2) is 28.2 Å². The summed E-state index contributed by atoms with van der Waals surface area (Å²) in [5.41, 5.74) is -0.672. The molecule has 1 aromatic carbocycles. The molecule has 0 fully saturated rings. The fraction of sp³-hybridized carbons (Fsp3) is 0.529. The molecule has 140 valence electrons. The van der Waals surface area contributed by atoms with E-state index in [0.717, 1.165) is 0 Å². The predicted octanol–water partition coefficient (Wildman–Crippen LogP) is 3.42. The van der Waals surface area contributed by atoms with Crippen molar-refractivity contribution >= 4 is 35.0 Å². The Morgan fingerprint density at radius 2 is 1.80 bits per heavy atom. The zero-order valence-corrected chi connectivity index (χ0v) is 16.7. The van der Waals surface area contributed by atoms with Gasteiger partial charge >= 0.3 is 6.09 Å². The molecule has 0 aromatic heterocycles. The lowest BCUT2D eigenvalue weighted by atomic mass is 10.0. The molecule has 1 rings (SSSR count). The van der Waals surface area contributed by atoms with E-state index in [9.17, 15) is 14.1 Å². The Bertz CT molecular complexity index is 587. The summed E-state index contributed by atoms with van der Waals surface area (Å²) in [6, 6.07) is 5.47. The van der Waals surface area contributed by atoms with Crippen LogP contribution in [0.4, 0.5) is 4.79 Å². The normalized spacial score (nSPS) is 13.9. The summed E-state index contributed by atoms with van der Waals surface area (Å²) in [6.45, 7) is 9.06. The number of carbonyl (C=O) groups excluding carboxylic acids is 2. The van der Waals surface area contributed by atoms with Crippen LogP contribution in [0.5, 0.6) is 0 Å². The molecule has 0 aliphatic carbocycles. The lowest BCUT2D eigenvalue weighted by molar-refractivity contribution is -0.121. The third kappa shape index (κ3) is 8.47. The molecule has 8 heteroatoms. The van der Waals surface area contributed by atoms with Crippen LogP contribution in [-0.2, 0) is 20.9 Å². The molecule has 1 unspecified atom stereocenters. The molecule has 0 aliphatic rings. The van der Waals surface area contributed by atoms with Gasteiger partial charge in [-0.15, -0.1) is 0 Å². The van der Waals surface area contributed by atoms with Gasteiger partial charge in [0.15, 0.2) is 4.90 Å². The van der Waals surface area contributed by atoms with Crippen molar-refractivity contribution in [1.29, 1.82) is 0 Å². The first kappa shape index (κ1) is 21.6. The zero-order chi connectivity index (χ0) is 19.2. The topological polar surface area (TPSA) is 90.5 Å². The third-order valence-electron chi connectivity index (χ3n) is 2.94. The summed E-state index contributed by atoms with van der Waals surface area (Å²) in [5, 5.41) is 3.05. The average molecular weight is 389 g/mol. The second-order valence-corrected chi connectivity index (χ2v) is 8.67. The van der Waals surface area contributed by atoms with E-state index in [-0.39, 0.29) is 5.92 Å². The number of hydrogen-bond donors (Lipinski definition) is 2. The monoisotopic (exact) mass is 388 g/mol. The SMILES string of the molecule is CC(C)C[C@H](NC(=O)OC(C)(C)C)C(=O)N[S+]([O-])c1ccc(Cl)cc1. The van der Waals surface area contributed by atoms with E-state index in [0.29, 0.717) is 16.3 Å². The van der Waals surface area contributed by atoms with Crippen LogP contribution in [0, 0.1) is 5.92 Å². The smallest absolute Gasteiger partial charge is 0.408 e. The summed E-state index contributed by atoms with van der Waals surface area (Å²) in [4.78, 5) is 24.8. The maximum atomic E-state index is 12.4. The minimum Gasteiger partial charge on any atom is -0.588 e. The van der Waals surface area contributed by atoms with Gasteiger partial charge in [-0.2, -0.15) is 4.72 Å². The molecule has 0 aliphatic heterocycles. The summed E-state index contributed by atoms with van der Waals surface area (Å²) in [7, 11) is 0. The second-order valence-electron chi connectivity index (χ2n) is 7.02. The first-order valence-corrected chi connectivity index (χ1v) is 9.48. The van der Waals surface area contributed by atoms with Crippen LogP contribution in [0.3, 0.4) is 0 Å². The van der Waals surface area contributed by atoms with E-state index < -0.39 is 35.0 Å². The highest BCUT2D eigenvalue weighted by atomic mass is 35.5. The molecule has 0 saturated carbocycles. The van der Waals surface area contributed by atoms with Crippen LogP contribution in [0.25, 0.3) is 0 Å². The van der Waals surface area contributed by atoms with Gasteiger partial charge in [0.1, 0.15) is 23.0 Å². The standard InChI is InChI=1S/C17H25ClN2O4S/c1-11(2)10-14(19-16(22)24-17(3,4)5)15(21)20-25(23)13-8-6-12(18)7-9-13/h6-9,11,14H,10H2,1-5H3,(H,19,22)(H,20,21)/t14-,25?/m0/s1. The van der Waals surface area contributed by atoms with Crippen LogP contribution in [0.1, 0.15) is 41.0 Å². The van der Waals surface area contributed by atoms with Gasteiger partial charge in [0, 0.05) is 5.02 Å². The molecule has 6 nitrogen and oxygen atoms in total. The number of ether oxygens (including phenoxy) is 1. The average Bonchev–Trinajstić information content (AvgIpc) is 2.44. The first-order valence-electron chi connectivity index (χ1n) is 7.95. The molecule has 0 saturated heterocycles. The molecule has 0 heterocycles. The van der Waals surface area contributed by atoms with E-state index in [2.05, 4.69) is 10.0 Å². The highest BCUT2D eigenvalue weighted by Crippen LogP contribution is 2.15. The Hall–Kier alpha value is -1.44. The third-order valence-corrected chi connectivity index (χ3v) is 4.27. The van der Waals surface area contributed by atoms with Crippen LogP contribution >= 0.6 is 11.6 Å². The minimum atomic E-state index is -1.74. The van der Waals surface area contributed by atoms with E-state index in [1.807, 2.05) is 13.8 Å². The van der Waals surface area contributed by atoms with Crippen LogP contribution in [0.2, 0.25) is 5.02 Å². The van der Waals surface area contributed by atoms with Crippen molar-refractivity contribution < 1.29 is 18.9 Å². The minimum absolute atomic E-state index is 0.148. The number of nitrogens with one attached hydrogen (secondary N) is 2. The Morgan fingerprint density at radius 1 is 1.24 bits per heavy atom. The number of halogens is 1. The maximum absolute atomic E-state index is 12.4. The molecule has 0 radical (unpaired) electrons. The lowest BCUT2D eigenvalue weighted by Gasteiger charge is -2.24. The van der Waals surface area contributed by atoms with E-state index in [1.165, 1.54) is 0 Å². The molecular weight excluding hydrogens is 364 g/mol. The fourth-order valence-corrected chi connectivity index (χ4v) is 2.88.